The fraction of sp³-hybridized carbons (Fsp3) is 0.192. The van der Waals surface area contributed by atoms with E-state index in [0.29, 0.717) is 17.3 Å². The Balaban J connectivity index is 1.71. The Labute approximate surface area is 185 Å². The minimum Gasteiger partial charge on any atom is -0.324 e. The van der Waals surface area contributed by atoms with Gasteiger partial charge in [0.1, 0.15) is 6.54 Å². The molecule has 0 aliphatic rings. The normalized spacial score (nSPS) is 10.9. The Bertz CT molecular complexity index is 1380. The maximum absolute atomic E-state index is 13.3. The molecule has 6 heteroatoms. The van der Waals surface area contributed by atoms with Crippen LogP contribution in [0.5, 0.6) is 0 Å². The van der Waals surface area contributed by atoms with Crippen LogP contribution in [-0.4, -0.2) is 15.0 Å². The molecule has 0 aliphatic heterocycles. The third-order valence-corrected chi connectivity index (χ3v) is 5.65. The second kappa shape index (κ2) is 9.06. The molecule has 4 aromatic rings. The summed E-state index contributed by atoms with van der Waals surface area (Å²) in [5.74, 6) is -0.317. The third kappa shape index (κ3) is 4.25. The molecule has 162 valence electrons. The van der Waals surface area contributed by atoms with Gasteiger partial charge in [-0.3, -0.25) is 18.7 Å². The third-order valence-electron chi connectivity index (χ3n) is 5.65. The van der Waals surface area contributed by atoms with E-state index < -0.39 is 5.69 Å². The van der Waals surface area contributed by atoms with Crippen molar-refractivity contribution in [2.24, 2.45) is 0 Å². The van der Waals surface area contributed by atoms with E-state index in [1.54, 1.807) is 24.3 Å². The number of benzene rings is 3. The number of fused-ring (bicyclic) bond motifs is 1. The maximum atomic E-state index is 13.3. The van der Waals surface area contributed by atoms with Gasteiger partial charge in [0.15, 0.2) is 0 Å². The van der Waals surface area contributed by atoms with Gasteiger partial charge in [-0.25, -0.2) is 4.79 Å². The number of carbonyl (C=O) groups excluding carboxylic acids is 1. The van der Waals surface area contributed by atoms with Crippen molar-refractivity contribution in [2.75, 3.05) is 5.32 Å². The zero-order valence-electron chi connectivity index (χ0n) is 18.2. The first-order valence-corrected chi connectivity index (χ1v) is 10.6. The van der Waals surface area contributed by atoms with Crippen molar-refractivity contribution in [2.45, 2.75) is 33.4 Å². The Morgan fingerprint density at radius 3 is 2.19 bits per heavy atom. The Kier molecular flexibility index (Phi) is 6.03. The first kappa shape index (κ1) is 21.3. The largest absolute Gasteiger partial charge is 0.331 e. The number of hydrogen-bond acceptors (Lipinski definition) is 3. The fourth-order valence-corrected chi connectivity index (χ4v) is 3.94. The number of anilines is 1. The van der Waals surface area contributed by atoms with Crippen molar-refractivity contribution in [3.8, 4) is 0 Å². The number of aryl methyl sites for hydroxylation is 3. The van der Waals surface area contributed by atoms with Crippen molar-refractivity contribution >= 4 is 22.5 Å². The standard InChI is InChI=1S/C26H25N3O3/c1-18-9-8-10-19(2)24(18)27-23(30)17-29-22-14-7-6-13-21(22)25(31)28(26(29)32)16-15-20-11-4-3-5-12-20/h3-14H,15-17H2,1-2H3,(H,27,30). The van der Waals surface area contributed by atoms with Gasteiger partial charge >= 0.3 is 5.69 Å². The summed E-state index contributed by atoms with van der Waals surface area (Å²) in [7, 11) is 0. The van der Waals surface area contributed by atoms with Crippen molar-refractivity contribution in [1.29, 1.82) is 0 Å². The van der Waals surface area contributed by atoms with Gasteiger partial charge in [-0.2, -0.15) is 0 Å². The van der Waals surface area contributed by atoms with Crippen molar-refractivity contribution in [3.05, 3.63) is 110 Å². The number of carbonyl (C=O) groups is 1. The molecule has 3 aromatic carbocycles. The molecule has 0 atom stereocenters. The molecular formula is C26H25N3O3. The van der Waals surface area contributed by atoms with E-state index in [4.69, 9.17) is 0 Å². The molecule has 6 nitrogen and oxygen atoms in total. The molecule has 0 saturated heterocycles. The van der Waals surface area contributed by atoms with Crippen LogP contribution in [0.15, 0.2) is 82.4 Å². The van der Waals surface area contributed by atoms with Gasteiger partial charge in [0.05, 0.1) is 10.9 Å². The molecule has 0 fully saturated rings. The van der Waals surface area contributed by atoms with Gasteiger partial charge in [-0.15, -0.1) is 0 Å². The average Bonchev–Trinajstić information content (AvgIpc) is 2.80. The minimum atomic E-state index is -0.485. The molecule has 1 aromatic heterocycles. The van der Waals surface area contributed by atoms with Crippen LogP contribution in [0, 0.1) is 13.8 Å². The highest BCUT2D eigenvalue weighted by Crippen LogP contribution is 2.19. The van der Waals surface area contributed by atoms with E-state index in [2.05, 4.69) is 5.32 Å². The Hall–Kier alpha value is -3.93. The lowest BCUT2D eigenvalue weighted by molar-refractivity contribution is -0.116. The fourth-order valence-electron chi connectivity index (χ4n) is 3.94. The number of nitrogens with zero attached hydrogens (tertiary/aromatic N) is 2. The summed E-state index contributed by atoms with van der Waals surface area (Å²) < 4.78 is 2.60. The van der Waals surface area contributed by atoms with Crippen LogP contribution in [0.4, 0.5) is 5.69 Å². The quantitative estimate of drug-likeness (QED) is 0.510. The molecule has 1 N–H and O–H groups in total. The number of hydrogen-bond donors (Lipinski definition) is 1. The van der Waals surface area contributed by atoms with E-state index in [1.807, 2.05) is 62.4 Å². The summed E-state index contributed by atoms with van der Waals surface area (Å²) in [6, 6.07) is 22.4. The lowest BCUT2D eigenvalue weighted by Gasteiger charge is -2.15. The SMILES string of the molecule is Cc1cccc(C)c1NC(=O)Cn1c(=O)n(CCc2ccccc2)c(=O)c2ccccc21. The van der Waals surface area contributed by atoms with Crippen LogP contribution < -0.4 is 16.6 Å². The second-order valence-corrected chi connectivity index (χ2v) is 7.89. The van der Waals surface area contributed by atoms with Gasteiger partial charge in [-0.05, 0) is 49.1 Å². The van der Waals surface area contributed by atoms with Gasteiger partial charge < -0.3 is 5.32 Å². The number of amides is 1. The number of rotatable bonds is 6. The second-order valence-electron chi connectivity index (χ2n) is 7.89. The van der Waals surface area contributed by atoms with Gasteiger partial charge in [0.2, 0.25) is 5.91 Å². The van der Waals surface area contributed by atoms with Crippen molar-refractivity contribution in [1.82, 2.24) is 9.13 Å². The van der Waals surface area contributed by atoms with Crippen LogP contribution in [0.3, 0.4) is 0 Å². The van der Waals surface area contributed by atoms with Crippen molar-refractivity contribution in [3.63, 3.8) is 0 Å². The molecule has 32 heavy (non-hydrogen) atoms. The summed E-state index contributed by atoms with van der Waals surface area (Å²) in [5, 5.41) is 3.34. The molecule has 4 rings (SSSR count). The lowest BCUT2D eigenvalue weighted by atomic mass is 10.1. The zero-order valence-corrected chi connectivity index (χ0v) is 18.2. The monoisotopic (exact) mass is 427 g/mol. The van der Waals surface area contributed by atoms with E-state index in [-0.39, 0.29) is 24.6 Å². The molecule has 0 unspecified atom stereocenters. The summed E-state index contributed by atoms with van der Waals surface area (Å²) in [6.07, 6.45) is 0.545. The smallest absolute Gasteiger partial charge is 0.324 e. The topological polar surface area (TPSA) is 73.1 Å². The molecular weight excluding hydrogens is 402 g/mol. The molecule has 0 spiro atoms. The number of aromatic nitrogens is 2. The van der Waals surface area contributed by atoms with Gasteiger partial charge in [0.25, 0.3) is 5.56 Å². The summed E-state index contributed by atoms with van der Waals surface area (Å²) in [5.41, 5.74) is 3.30. The van der Waals surface area contributed by atoms with E-state index in [9.17, 15) is 14.4 Å². The zero-order chi connectivity index (χ0) is 22.7. The van der Waals surface area contributed by atoms with Gasteiger partial charge in [-0.1, -0.05) is 60.7 Å². The highest BCUT2D eigenvalue weighted by molar-refractivity contribution is 5.93. The number of para-hydroxylation sites is 2. The predicted molar refractivity (Wildman–Crippen MR) is 127 cm³/mol. The predicted octanol–water partition coefficient (Wildman–Crippen LogP) is 3.66. The van der Waals surface area contributed by atoms with Crippen LogP contribution in [0.25, 0.3) is 10.9 Å². The summed E-state index contributed by atoms with van der Waals surface area (Å²) in [4.78, 5) is 39.2. The van der Waals surface area contributed by atoms with Crippen LogP contribution in [0.2, 0.25) is 0 Å². The molecule has 0 saturated carbocycles. The van der Waals surface area contributed by atoms with Gasteiger partial charge in [0, 0.05) is 12.2 Å². The molecule has 1 heterocycles. The van der Waals surface area contributed by atoms with Crippen molar-refractivity contribution < 1.29 is 4.79 Å². The van der Waals surface area contributed by atoms with E-state index in [1.165, 1.54) is 9.13 Å². The maximum Gasteiger partial charge on any atom is 0.331 e. The van der Waals surface area contributed by atoms with Crippen LogP contribution in [-0.2, 0) is 24.3 Å². The molecule has 0 radical (unpaired) electrons. The lowest BCUT2D eigenvalue weighted by Crippen LogP contribution is -2.42. The first-order chi connectivity index (χ1) is 15.5. The molecule has 0 aliphatic carbocycles. The highest BCUT2D eigenvalue weighted by Gasteiger charge is 2.16. The summed E-state index contributed by atoms with van der Waals surface area (Å²) in [6.45, 7) is 3.91. The van der Waals surface area contributed by atoms with E-state index >= 15 is 0 Å². The Morgan fingerprint density at radius 1 is 0.812 bits per heavy atom. The van der Waals surface area contributed by atoms with E-state index in [0.717, 1.165) is 22.4 Å². The highest BCUT2D eigenvalue weighted by atomic mass is 16.2. The molecule has 1 amide bonds. The van der Waals surface area contributed by atoms with Crippen LogP contribution >= 0.6 is 0 Å². The summed E-state index contributed by atoms with van der Waals surface area (Å²) >= 11 is 0. The molecule has 0 bridgehead atoms. The average molecular weight is 428 g/mol. The minimum absolute atomic E-state index is 0.182. The first-order valence-electron chi connectivity index (χ1n) is 10.6. The Morgan fingerprint density at radius 2 is 1.47 bits per heavy atom. The van der Waals surface area contributed by atoms with Crippen LogP contribution in [0.1, 0.15) is 16.7 Å². The number of nitrogens with one attached hydrogen (secondary N) is 1.